The lowest BCUT2D eigenvalue weighted by molar-refractivity contribution is 0.175. The first-order valence-electron chi connectivity index (χ1n) is 7.25. The van der Waals surface area contributed by atoms with E-state index in [4.69, 9.17) is 0 Å². The van der Waals surface area contributed by atoms with Gasteiger partial charge in [-0.15, -0.1) is 0 Å². The number of hydrogen-bond donors (Lipinski definition) is 1. The third-order valence-corrected chi connectivity index (χ3v) is 4.22. The van der Waals surface area contributed by atoms with Gasteiger partial charge in [0.2, 0.25) is 0 Å². The molecule has 2 aromatic rings. The molecule has 1 aliphatic rings. The highest BCUT2D eigenvalue weighted by atomic mass is 19.1. The van der Waals surface area contributed by atoms with Gasteiger partial charge in [0, 0.05) is 6.42 Å². The number of rotatable bonds is 4. The molecule has 1 aliphatic carbocycles. The first-order chi connectivity index (χ1) is 9.74. The first-order valence-corrected chi connectivity index (χ1v) is 7.25. The van der Waals surface area contributed by atoms with Gasteiger partial charge in [-0.2, -0.15) is 0 Å². The molecular formula is C18H19FO. The molecule has 2 heteroatoms. The SMILES string of the molecule is OC(Cc1cccc(F)c1)c1ccccc1C1CCC1. The molecule has 0 aliphatic heterocycles. The summed E-state index contributed by atoms with van der Waals surface area (Å²) >= 11 is 0. The molecule has 0 radical (unpaired) electrons. The zero-order valence-electron chi connectivity index (χ0n) is 11.4. The molecule has 1 saturated carbocycles. The van der Waals surface area contributed by atoms with Gasteiger partial charge >= 0.3 is 0 Å². The van der Waals surface area contributed by atoms with Crippen LogP contribution < -0.4 is 0 Å². The highest BCUT2D eigenvalue weighted by Crippen LogP contribution is 2.39. The predicted molar refractivity (Wildman–Crippen MR) is 78.1 cm³/mol. The van der Waals surface area contributed by atoms with Crippen molar-refractivity contribution >= 4 is 0 Å². The summed E-state index contributed by atoms with van der Waals surface area (Å²) in [7, 11) is 0. The maximum Gasteiger partial charge on any atom is 0.123 e. The molecule has 1 atom stereocenters. The fourth-order valence-electron chi connectivity index (χ4n) is 2.90. The van der Waals surface area contributed by atoms with Gasteiger partial charge in [0.25, 0.3) is 0 Å². The normalized spacial score (nSPS) is 16.7. The third kappa shape index (κ3) is 2.75. The zero-order valence-corrected chi connectivity index (χ0v) is 11.4. The number of aliphatic hydroxyl groups excluding tert-OH is 1. The summed E-state index contributed by atoms with van der Waals surface area (Å²) in [5.74, 6) is 0.343. The molecule has 0 heterocycles. The molecule has 3 rings (SSSR count). The van der Waals surface area contributed by atoms with Crippen LogP contribution >= 0.6 is 0 Å². The molecule has 0 spiro atoms. The van der Waals surface area contributed by atoms with Crippen LogP contribution in [0.3, 0.4) is 0 Å². The maximum absolute atomic E-state index is 13.2. The molecule has 0 amide bonds. The minimum Gasteiger partial charge on any atom is -0.388 e. The third-order valence-electron chi connectivity index (χ3n) is 4.22. The van der Waals surface area contributed by atoms with Crippen molar-refractivity contribution in [2.45, 2.75) is 37.7 Å². The Morgan fingerprint density at radius 3 is 2.60 bits per heavy atom. The van der Waals surface area contributed by atoms with Crippen LogP contribution in [0.2, 0.25) is 0 Å². The molecule has 0 aromatic heterocycles. The van der Waals surface area contributed by atoms with Gasteiger partial charge in [0.1, 0.15) is 5.82 Å². The van der Waals surface area contributed by atoms with Crippen LogP contribution in [0, 0.1) is 5.82 Å². The van der Waals surface area contributed by atoms with Crippen LogP contribution in [0.4, 0.5) is 4.39 Å². The van der Waals surface area contributed by atoms with Crippen molar-refractivity contribution in [2.75, 3.05) is 0 Å². The molecule has 0 bridgehead atoms. The monoisotopic (exact) mass is 270 g/mol. The van der Waals surface area contributed by atoms with E-state index in [-0.39, 0.29) is 5.82 Å². The molecule has 0 saturated heterocycles. The van der Waals surface area contributed by atoms with Crippen molar-refractivity contribution in [1.29, 1.82) is 0 Å². The van der Waals surface area contributed by atoms with Crippen LogP contribution in [-0.2, 0) is 6.42 Å². The Hall–Kier alpha value is -1.67. The summed E-state index contributed by atoms with van der Waals surface area (Å²) in [5.41, 5.74) is 3.10. The summed E-state index contributed by atoms with van der Waals surface area (Å²) in [5, 5.41) is 10.5. The standard InChI is InChI=1S/C18H19FO/c19-15-8-3-5-13(11-15)12-18(20)17-10-2-1-9-16(17)14-6-4-7-14/h1-3,5,8-11,14,18,20H,4,6-7,12H2. The largest absolute Gasteiger partial charge is 0.388 e. The molecule has 104 valence electrons. The minimum absolute atomic E-state index is 0.248. The Morgan fingerprint density at radius 2 is 1.90 bits per heavy atom. The topological polar surface area (TPSA) is 20.2 Å². The van der Waals surface area contributed by atoms with Crippen LogP contribution in [0.25, 0.3) is 0 Å². The lowest BCUT2D eigenvalue weighted by Crippen LogP contribution is -2.14. The molecule has 1 nitrogen and oxygen atoms in total. The highest BCUT2D eigenvalue weighted by Gasteiger charge is 2.24. The summed E-state index contributed by atoms with van der Waals surface area (Å²) < 4.78 is 13.2. The fourth-order valence-corrected chi connectivity index (χ4v) is 2.90. The Morgan fingerprint density at radius 1 is 1.10 bits per heavy atom. The van der Waals surface area contributed by atoms with Gasteiger partial charge in [0.05, 0.1) is 6.10 Å². The van der Waals surface area contributed by atoms with Crippen molar-refractivity contribution in [3.8, 4) is 0 Å². The van der Waals surface area contributed by atoms with E-state index < -0.39 is 6.10 Å². The van der Waals surface area contributed by atoms with E-state index in [1.165, 1.54) is 37.0 Å². The lowest BCUT2D eigenvalue weighted by atomic mass is 9.77. The number of benzene rings is 2. The average Bonchev–Trinajstić information content (AvgIpc) is 2.37. The van der Waals surface area contributed by atoms with E-state index in [9.17, 15) is 9.50 Å². The molecule has 2 aromatic carbocycles. The number of hydrogen-bond acceptors (Lipinski definition) is 1. The molecule has 20 heavy (non-hydrogen) atoms. The minimum atomic E-state index is -0.561. The highest BCUT2D eigenvalue weighted by molar-refractivity contribution is 5.34. The summed E-state index contributed by atoms with van der Waals surface area (Å²) in [6, 6.07) is 14.6. The van der Waals surface area contributed by atoms with E-state index >= 15 is 0 Å². The van der Waals surface area contributed by atoms with Gasteiger partial charge in [-0.05, 0) is 47.6 Å². The maximum atomic E-state index is 13.2. The van der Waals surface area contributed by atoms with Crippen LogP contribution in [0.1, 0.15) is 48.0 Å². The Labute approximate surface area is 119 Å². The number of aliphatic hydroxyl groups is 1. The van der Waals surface area contributed by atoms with E-state index in [0.717, 1.165) is 11.1 Å². The lowest BCUT2D eigenvalue weighted by Gasteiger charge is -2.29. The summed E-state index contributed by atoms with van der Waals surface area (Å²) in [6.45, 7) is 0. The second kappa shape index (κ2) is 5.76. The van der Waals surface area contributed by atoms with Crippen molar-refractivity contribution in [3.05, 3.63) is 71.0 Å². The van der Waals surface area contributed by atoms with Crippen molar-refractivity contribution in [3.63, 3.8) is 0 Å². The van der Waals surface area contributed by atoms with Crippen molar-refractivity contribution in [2.24, 2.45) is 0 Å². The van der Waals surface area contributed by atoms with Gasteiger partial charge in [-0.1, -0.05) is 42.8 Å². The molecule has 1 N–H and O–H groups in total. The quantitative estimate of drug-likeness (QED) is 0.874. The van der Waals surface area contributed by atoms with Crippen molar-refractivity contribution in [1.82, 2.24) is 0 Å². The fraction of sp³-hybridized carbons (Fsp3) is 0.333. The van der Waals surface area contributed by atoms with Crippen LogP contribution in [-0.4, -0.2) is 5.11 Å². The van der Waals surface area contributed by atoms with Crippen molar-refractivity contribution < 1.29 is 9.50 Å². The predicted octanol–water partition coefficient (Wildman–Crippen LogP) is 4.37. The average molecular weight is 270 g/mol. The van der Waals surface area contributed by atoms with E-state index in [1.54, 1.807) is 6.07 Å². The Kier molecular flexibility index (Phi) is 3.83. The second-order valence-electron chi connectivity index (χ2n) is 5.61. The number of halogens is 1. The zero-order chi connectivity index (χ0) is 13.9. The summed E-state index contributed by atoms with van der Waals surface area (Å²) in [6.07, 6.45) is 3.60. The van der Waals surface area contributed by atoms with Crippen LogP contribution in [0.15, 0.2) is 48.5 Å². The summed E-state index contributed by atoms with van der Waals surface area (Å²) in [4.78, 5) is 0. The van der Waals surface area contributed by atoms with E-state index in [2.05, 4.69) is 6.07 Å². The van der Waals surface area contributed by atoms with E-state index in [0.29, 0.717) is 12.3 Å². The smallest absolute Gasteiger partial charge is 0.123 e. The van der Waals surface area contributed by atoms with E-state index in [1.807, 2.05) is 24.3 Å². The Balaban J connectivity index is 1.81. The van der Waals surface area contributed by atoms with Crippen LogP contribution in [0.5, 0.6) is 0 Å². The van der Waals surface area contributed by atoms with Gasteiger partial charge in [-0.25, -0.2) is 4.39 Å². The first kappa shape index (κ1) is 13.3. The molecule has 1 fully saturated rings. The molecular weight excluding hydrogens is 251 g/mol. The van der Waals surface area contributed by atoms with Gasteiger partial charge < -0.3 is 5.11 Å². The van der Waals surface area contributed by atoms with Gasteiger partial charge in [0.15, 0.2) is 0 Å². The Bertz CT molecular complexity index is 589. The second-order valence-corrected chi connectivity index (χ2v) is 5.61. The van der Waals surface area contributed by atoms with Gasteiger partial charge in [-0.3, -0.25) is 0 Å². The molecule has 1 unspecified atom stereocenters.